The van der Waals surface area contributed by atoms with Crippen molar-refractivity contribution in [3.05, 3.63) is 0 Å². The fourth-order valence-corrected chi connectivity index (χ4v) is 3.59. The molecule has 0 radical (unpaired) electrons. The number of nitriles is 1. The van der Waals surface area contributed by atoms with Gasteiger partial charge in [0.05, 0.1) is 12.0 Å². The predicted octanol–water partition coefficient (Wildman–Crippen LogP) is 3.63. The lowest BCUT2D eigenvalue weighted by atomic mass is 9.81. The summed E-state index contributed by atoms with van der Waals surface area (Å²) in [5.41, 5.74) is 0. The molecule has 0 aromatic carbocycles. The van der Waals surface area contributed by atoms with Crippen LogP contribution in [-0.4, -0.2) is 12.1 Å². The van der Waals surface area contributed by atoms with Crippen molar-refractivity contribution in [3.63, 3.8) is 0 Å². The van der Waals surface area contributed by atoms with Crippen molar-refractivity contribution in [2.45, 2.75) is 76.8 Å². The van der Waals surface area contributed by atoms with Crippen molar-refractivity contribution in [3.8, 4) is 6.07 Å². The van der Waals surface area contributed by atoms with Gasteiger partial charge in [0.25, 0.3) is 0 Å². The van der Waals surface area contributed by atoms with Gasteiger partial charge in [-0.15, -0.1) is 0 Å². The molecule has 96 valence electrons. The van der Waals surface area contributed by atoms with Crippen molar-refractivity contribution >= 4 is 0 Å². The van der Waals surface area contributed by atoms with Crippen LogP contribution >= 0.6 is 0 Å². The summed E-state index contributed by atoms with van der Waals surface area (Å²) in [5.74, 6) is 1.11. The van der Waals surface area contributed by atoms with Gasteiger partial charge in [-0.05, 0) is 38.5 Å². The fourth-order valence-electron chi connectivity index (χ4n) is 3.59. The highest BCUT2D eigenvalue weighted by Gasteiger charge is 2.28. The van der Waals surface area contributed by atoms with Crippen LogP contribution in [0.2, 0.25) is 0 Å². The highest BCUT2D eigenvalue weighted by molar-refractivity contribution is 4.96. The molecule has 2 aliphatic carbocycles. The molecule has 2 heteroatoms. The van der Waals surface area contributed by atoms with Gasteiger partial charge in [-0.3, -0.25) is 0 Å². The van der Waals surface area contributed by atoms with Gasteiger partial charge < -0.3 is 5.32 Å². The van der Waals surface area contributed by atoms with Gasteiger partial charge in [0, 0.05) is 12.1 Å². The smallest absolute Gasteiger partial charge is 0.0672 e. The summed E-state index contributed by atoms with van der Waals surface area (Å²) < 4.78 is 0. The molecule has 2 rings (SSSR count). The van der Waals surface area contributed by atoms with Gasteiger partial charge >= 0.3 is 0 Å². The Hall–Kier alpha value is -0.550. The molecule has 2 fully saturated rings. The molecule has 2 aliphatic rings. The average molecular weight is 234 g/mol. The Kier molecular flexibility index (Phi) is 4.86. The zero-order valence-corrected chi connectivity index (χ0v) is 11.1. The third-order valence-corrected chi connectivity index (χ3v) is 4.77. The summed E-state index contributed by atoms with van der Waals surface area (Å²) in [7, 11) is 0. The van der Waals surface area contributed by atoms with Crippen molar-refractivity contribution in [2.24, 2.45) is 11.8 Å². The second-order valence-electron chi connectivity index (χ2n) is 5.98. The van der Waals surface area contributed by atoms with Crippen LogP contribution in [0.4, 0.5) is 0 Å². The molecule has 0 aromatic heterocycles. The minimum atomic E-state index is 0.259. The molecule has 0 saturated heterocycles. The predicted molar refractivity (Wildman–Crippen MR) is 70.5 cm³/mol. The zero-order chi connectivity index (χ0) is 12.1. The maximum atomic E-state index is 9.19. The van der Waals surface area contributed by atoms with Crippen LogP contribution in [0.15, 0.2) is 0 Å². The van der Waals surface area contributed by atoms with E-state index < -0.39 is 0 Å². The van der Waals surface area contributed by atoms with E-state index in [1.807, 2.05) is 0 Å². The first-order chi connectivity index (χ1) is 8.31. The van der Waals surface area contributed by atoms with E-state index in [1.54, 1.807) is 0 Å². The Balaban J connectivity index is 1.83. The van der Waals surface area contributed by atoms with E-state index >= 15 is 0 Å². The first kappa shape index (κ1) is 12.9. The van der Waals surface area contributed by atoms with Crippen LogP contribution in [0, 0.1) is 23.2 Å². The van der Waals surface area contributed by atoms with Gasteiger partial charge in [-0.25, -0.2) is 0 Å². The van der Waals surface area contributed by atoms with Crippen LogP contribution in [0.1, 0.15) is 64.7 Å². The second kappa shape index (κ2) is 6.40. The molecular formula is C15H26N2. The zero-order valence-electron chi connectivity index (χ0n) is 11.1. The minimum absolute atomic E-state index is 0.259. The Morgan fingerprint density at radius 1 is 1.00 bits per heavy atom. The van der Waals surface area contributed by atoms with E-state index in [-0.39, 0.29) is 5.92 Å². The molecule has 2 saturated carbocycles. The van der Waals surface area contributed by atoms with E-state index in [2.05, 4.69) is 18.3 Å². The number of rotatable bonds is 3. The van der Waals surface area contributed by atoms with Crippen LogP contribution in [0.3, 0.4) is 0 Å². The lowest BCUT2D eigenvalue weighted by Crippen LogP contribution is -2.46. The van der Waals surface area contributed by atoms with Gasteiger partial charge in [0.15, 0.2) is 0 Å². The third-order valence-electron chi connectivity index (χ3n) is 4.77. The lowest BCUT2D eigenvalue weighted by molar-refractivity contribution is 0.223. The molecule has 1 N–H and O–H groups in total. The van der Waals surface area contributed by atoms with E-state index in [9.17, 15) is 5.26 Å². The van der Waals surface area contributed by atoms with Gasteiger partial charge in [-0.1, -0.05) is 32.1 Å². The molecule has 17 heavy (non-hydrogen) atoms. The molecule has 0 amide bonds. The maximum Gasteiger partial charge on any atom is 0.0672 e. The summed E-state index contributed by atoms with van der Waals surface area (Å²) in [5, 5.41) is 13.0. The summed E-state index contributed by atoms with van der Waals surface area (Å²) in [6.07, 6.45) is 11.9. The highest BCUT2D eigenvalue weighted by Crippen LogP contribution is 2.29. The summed E-state index contributed by atoms with van der Waals surface area (Å²) >= 11 is 0. The number of nitrogens with one attached hydrogen (secondary N) is 1. The van der Waals surface area contributed by atoms with Gasteiger partial charge in [0.2, 0.25) is 0 Å². The van der Waals surface area contributed by atoms with Crippen LogP contribution in [-0.2, 0) is 0 Å². The Labute approximate surface area is 106 Å². The molecule has 0 aliphatic heterocycles. The third kappa shape index (κ3) is 3.45. The maximum absolute atomic E-state index is 9.19. The topological polar surface area (TPSA) is 35.8 Å². The Morgan fingerprint density at radius 2 is 1.65 bits per heavy atom. The second-order valence-corrected chi connectivity index (χ2v) is 5.98. The lowest BCUT2D eigenvalue weighted by Gasteiger charge is -2.35. The Morgan fingerprint density at radius 3 is 2.35 bits per heavy atom. The highest BCUT2D eigenvalue weighted by atomic mass is 15.0. The molecule has 0 aromatic rings. The van der Waals surface area contributed by atoms with Crippen molar-refractivity contribution < 1.29 is 0 Å². The van der Waals surface area contributed by atoms with Crippen molar-refractivity contribution in [1.29, 1.82) is 5.26 Å². The molecular weight excluding hydrogens is 208 g/mol. The van der Waals surface area contributed by atoms with Gasteiger partial charge in [-0.2, -0.15) is 5.26 Å². The molecule has 3 atom stereocenters. The molecule has 0 spiro atoms. The van der Waals surface area contributed by atoms with E-state index in [0.29, 0.717) is 12.1 Å². The average Bonchev–Trinajstić information content (AvgIpc) is 2.40. The fraction of sp³-hybridized carbons (Fsp3) is 0.933. The quantitative estimate of drug-likeness (QED) is 0.809. The summed E-state index contributed by atoms with van der Waals surface area (Å²) in [4.78, 5) is 0. The number of hydrogen-bond donors (Lipinski definition) is 1. The van der Waals surface area contributed by atoms with Crippen molar-refractivity contribution in [2.75, 3.05) is 0 Å². The first-order valence-electron chi connectivity index (χ1n) is 7.47. The number of hydrogen-bond acceptors (Lipinski definition) is 2. The van der Waals surface area contributed by atoms with Crippen LogP contribution in [0.5, 0.6) is 0 Å². The van der Waals surface area contributed by atoms with E-state index in [1.165, 1.54) is 51.4 Å². The van der Waals surface area contributed by atoms with E-state index in [0.717, 1.165) is 12.3 Å². The summed E-state index contributed by atoms with van der Waals surface area (Å²) in [6.45, 7) is 2.33. The molecule has 0 bridgehead atoms. The van der Waals surface area contributed by atoms with Gasteiger partial charge in [0.1, 0.15) is 0 Å². The van der Waals surface area contributed by atoms with Crippen LogP contribution in [0.25, 0.3) is 0 Å². The first-order valence-corrected chi connectivity index (χ1v) is 7.47. The molecule has 2 unspecified atom stereocenters. The molecule has 2 nitrogen and oxygen atoms in total. The SMILES string of the molecule is C[C@@H](NC1CCCCC1C#N)C1CCCCC1. The number of nitrogens with zero attached hydrogens (tertiary/aromatic N) is 1. The van der Waals surface area contributed by atoms with Crippen molar-refractivity contribution in [1.82, 2.24) is 5.32 Å². The van der Waals surface area contributed by atoms with E-state index in [4.69, 9.17) is 0 Å². The monoisotopic (exact) mass is 234 g/mol. The normalized spacial score (nSPS) is 32.9. The minimum Gasteiger partial charge on any atom is -0.310 e. The van der Waals surface area contributed by atoms with Crippen LogP contribution < -0.4 is 5.32 Å². The largest absolute Gasteiger partial charge is 0.310 e. The molecule has 0 heterocycles. The Bertz CT molecular complexity index is 263. The summed E-state index contributed by atoms with van der Waals surface area (Å²) in [6, 6.07) is 3.57. The standard InChI is InChI=1S/C15H26N2/c1-12(13-7-3-2-4-8-13)17-15-10-6-5-9-14(15)11-16/h12-15,17H,2-10H2,1H3/t12-,14?,15?/m1/s1.